The lowest BCUT2D eigenvalue weighted by molar-refractivity contribution is 0.0689. The van der Waals surface area contributed by atoms with Crippen molar-refractivity contribution in [2.45, 2.75) is 18.9 Å². The van der Waals surface area contributed by atoms with Crippen molar-refractivity contribution in [2.75, 3.05) is 19.7 Å². The molecule has 8 nitrogen and oxygen atoms in total. The minimum absolute atomic E-state index is 0.0516. The van der Waals surface area contributed by atoms with Gasteiger partial charge in [-0.2, -0.15) is 0 Å². The van der Waals surface area contributed by atoms with Gasteiger partial charge in [-0.3, -0.25) is 14.6 Å². The molecular formula is C33H28N4O4. The molecule has 0 saturated heterocycles. The molecule has 0 spiro atoms. The predicted octanol–water partition coefficient (Wildman–Crippen LogP) is 5.66. The van der Waals surface area contributed by atoms with E-state index in [1.165, 1.54) is 6.20 Å². The van der Waals surface area contributed by atoms with Crippen LogP contribution in [0.15, 0.2) is 91.3 Å². The number of benzene rings is 3. The van der Waals surface area contributed by atoms with Crippen LogP contribution in [0.1, 0.15) is 50.0 Å². The molecule has 8 bridgehead atoms. The highest BCUT2D eigenvalue weighted by atomic mass is 16.5. The van der Waals surface area contributed by atoms with Gasteiger partial charge in [0.1, 0.15) is 22.9 Å². The van der Waals surface area contributed by atoms with Crippen LogP contribution in [0.3, 0.4) is 0 Å². The highest BCUT2D eigenvalue weighted by Gasteiger charge is 2.34. The van der Waals surface area contributed by atoms with Crippen molar-refractivity contribution in [3.8, 4) is 17.2 Å². The van der Waals surface area contributed by atoms with Crippen molar-refractivity contribution in [1.82, 2.24) is 20.2 Å². The lowest BCUT2D eigenvalue weighted by atomic mass is 9.87. The first-order chi connectivity index (χ1) is 20.1. The van der Waals surface area contributed by atoms with Crippen molar-refractivity contribution in [3.05, 3.63) is 119 Å². The van der Waals surface area contributed by atoms with Crippen LogP contribution >= 0.6 is 0 Å². The molecule has 2 amide bonds. The van der Waals surface area contributed by atoms with Crippen LogP contribution in [0.2, 0.25) is 0 Å². The van der Waals surface area contributed by atoms with E-state index in [1.54, 1.807) is 12.3 Å². The van der Waals surface area contributed by atoms with Crippen LogP contribution in [0.25, 0.3) is 10.9 Å². The van der Waals surface area contributed by atoms with Gasteiger partial charge in [-0.25, -0.2) is 0 Å². The van der Waals surface area contributed by atoms with E-state index in [2.05, 4.69) is 15.3 Å². The van der Waals surface area contributed by atoms with Gasteiger partial charge in [0.05, 0.1) is 24.4 Å². The van der Waals surface area contributed by atoms with E-state index in [-0.39, 0.29) is 17.9 Å². The fraction of sp³-hybridized carbons (Fsp3) is 0.182. The van der Waals surface area contributed by atoms with E-state index in [9.17, 15) is 9.59 Å². The third kappa shape index (κ3) is 4.89. The maximum absolute atomic E-state index is 14.0. The second-order valence-corrected chi connectivity index (χ2v) is 10.3. The van der Waals surface area contributed by atoms with Crippen molar-refractivity contribution >= 4 is 22.7 Å². The van der Waals surface area contributed by atoms with Crippen LogP contribution in [-0.4, -0.2) is 46.4 Å². The first kappa shape index (κ1) is 24.9. The second-order valence-electron chi connectivity index (χ2n) is 10.3. The molecule has 3 aliphatic rings. The number of rotatable bonds is 1. The summed E-state index contributed by atoms with van der Waals surface area (Å²) < 4.78 is 12.2. The number of ether oxygens (including phenoxy) is 2. The summed E-state index contributed by atoms with van der Waals surface area (Å²) in [5, 5.41) is 3.92. The standard InChI is InChI=1S/C33H28N4O4/c38-32-24-17-27(20-34-19-24)41-26-9-10-28-21(15-26)11-13-37(33(39)30-18-22-5-1-2-8-29(22)36-30)31(28)23-6-3-7-25(16-23)40-14-4-12-35-32/h1-3,5-10,15-20,31,36H,4,11-14H2,(H,35,38). The molecule has 41 heavy (non-hydrogen) atoms. The Kier molecular flexibility index (Phi) is 6.35. The van der Waals surface area contributed by atoms with Gasteiger partial charge in [0.2, 0.25) is 0 Å². The van der Waals surface area contributed by atoms with Gasteiger partial charge in [-0.15, -0.1) is 0 Å². The smallest absolute Gasteiger partial charge is 0.271 e. The molecule has 2 aromatic heterocycles. The van der Waals surface area contributed by atoms with E-state index in [0.29, 0.717) is 55.3 Å². The average molecular weight is 545 g/mol. The second kappa shape index (κ2) is 10.5. The van der Waals surface area contributed by atoms with Crippen molar-refractivity contribution in [3.63, 3.8) is 0 Å². The van der Waals surface area contributed by atoms with E-state index >= 15 is 0 Å². The van der Waals surface area contributed by atoms with E-state index in [0.717, 1.165) is 33.3 Å². The van der Waals surface area contributed by atoms with Crippen LogP contribution in [0, 0.1) is 0 Å². The Morgan fingerprint density at radius 3 is 2.78 bits per heavy atom. The Hall–Kier alpha value is -5.11. The molecule has 3 aromatic carbocycles. The van der Waals surface area contributed by atoms with Gasteiger partial charge >= 0.3 is 0 Å². The van der Waals surface area contributed by atoms with Crippen LogP contribution in [0.5, 0.6) is 17.2 Å². The lowest BCUT2D eigenvalue weighted by Gasteiger charge is -2.38. The highest BCUT2D eigenvalue weighted by molar-refractivity contribution is 5.98. The normalized spacial score (nSPS) is 16.7. The van der Waals surface area contributed by atoms with Gasteiger partial charge in [0.15, 0.2) is 0 Å². The Morgan fingerprint density at radius 2 is 1.85 bits per heavy atom. The van der Waals surface area contributed by atoms with Gasteiger partial charge in [0.25, 0.3) is 11.8 Å². The van der Waals surface area contributed by atoms with Crippen LogP contribution < -0.4 is 14.8 Å². The molecule has 0 fully saturated rings. The number of hydrogen-bond acceptors (Lipinski definition) is 5. The number of nitrogens with one attached hydrogen (secondary N) is 2. The molecule has 0 aliphatic carbocycles. The topological polar surface area (TPSA) is 96.6 Å². The van der Waals surface area contributed by atoms with Crippen molar-refractivity contribution in [1.29, 1.82) is 0 Å². The number of aromatic amines is 1. The SMILES string of the molecule is O=C1NCCCOc2cccc(c2)C2c3ccc(cc3CCN2C(=O)c2cc3ccccc3[nH]2)Oc2cncc1c2. The number of para-hydroxylation sites is 1. The molecule has 1 atom stereocenters. The van der Waals surface area contributed by atoms with E-state index in [1.807, 2.05) is 77.7 Å². The summed E-state index contributed by atoms with van der Waals surface area (Å²) >= 11 is 0. The Morgan fingerprint density at radius 1 is 0.927 bits per heavy atom. The molecule has 2 N–H and O–H groups in total. The molecule has 1 unspecified atom stereocenters. The Balaban J connectivity index is 1.30. The zero-order chi connectivity index (χ0) is 27.8. The number of carbonyl (C=O) groups is 2. The van der Waals surface area contributed by atoms with Gasteiger partial charge in [0, 0.05) is 30.2 Å². The van der Waals surface area contributed by atoms with Crippen molar-refractivity contribution < 1.29 is 19.1 Å². The monoisotopic (exact) mass is 544 g/mol. The zero-order valence-electron chi connectivity index (χ0n) is 22.3. The number of nitrogens with zero attached hydrogens (tertiary/aromatic N) is 2. The maximum atomic E-state index is 14.0. The number of hydrogen-bond donors (Lipinski definition) is 2. The number of carbonyl (C=O) groups excluding carboxylic acids is 2. The quantitative estimate of drug-likeness (QED) is 0.284. The van der Waals surface area contributed by atoms with E-state index < -0.39 is 0 Å². The summed E-state index contributed by atoms with van der Waals surface area (Å²) in [7, 11) is 0. The van der Waals surface area contributed by atoms with Crippen LogP contribution in [-0.2, 0) is 6.42 Å². The number of aromatic nitrogens is 2. The van der Waals surface area contributed by atoms with Gasteiger partial charge < -0.3 is 24.7 Å². The summed E-state index contributed by atoms with van der Waals surface area (Å²) in [6.45, 7) is 1.44. The fourth-order valence-electron chi connectivity index (χ4n) is 5.66. The number of pyridine rings is 1. The average Bonchev–Trinajstić information content (AvgIpc) is 3.44. The zero-order valence-corrected chi connectivity index (χ0v) is 22.3. The maximum Gasteiger partial charge on any atom is 0.271 e. The van der Waals surface area contributed by atoms with Gasteiger partial charge in [-0.05, 0) is 72.0 Å². The molecule has 5 aromatic rings. The first-order valence-corrected chi connectivity index (χ1v) is 13.8. The number of fused-ring (bicyclic) bond motifs is 7. The highest BCUT2D eigenvalue weighted by Crippen LogP contribution is 2.39. The molecule has 3 aliphatic heterocycles. The summed E-state index contributed by atoms with van der Waals surface area (Å²) in [6.07, 6.45) is 4.43. The third-order valence-electron chi connectivity index (χ3n) is 7.62. The molecule has 8 rings (SSSR count). The minimum Gasteiger partial charge on any atom is -0.494 e. The lowest BCUT2D eigenvalue weighted by Crippen LogP contribution is -2.40. The number of H-pyrrole nitrogens is 1. The Bertz CT molecular complexity index is 1750. The Labute approximate surface area is 236 Å². The van der Waals surface area contributed by atoms with E-state index in [4.69, 9.17) is 9.47 Å². The summed E-state index contributed by atoms with van der Waals surface area (Å²) in [6, 6.07) is 25.1. The summed E-state index contributed by atoms with van der Waals surface area (Å²) in [5.41, 5.74) is 5.04. The van der Waals surface area contributed by atoms with Crippen molar-refractivity contribution in [2.24, 2.45) is 0 Å². The first-order valence-electron chi connectivity index (χ1n) is 13.8. The molecule has 0 saturated carbocycles. The largest absolute Gasteiger partial charge is 0.494 e. The van der Waals surface area contributed by atoms with Gasteiger partial charge in [-0.1, -0.05) is 36.4 Å². The molecule has 0 radical (unpaired) electrons. The molecule has 8 heteroatoms. The molecule has 5 heterocycles. The summed E-state index contributed by atoms with van der Waals surface area (Å²) in [5.74, 6) is 1.59. The molecular weight excluding hydrogens is 516 g/mol. The summed E-state index contributed by atoms with van der Waals surface area (Å²) in [4.78, 5) is 36.1. The minimum atomic E-state index is -0.307. The third-order valence-corrected chi connectivity index (χ3v) is 7.62. The fourth-order valence-corrected chi connectivity index (χ4v) is 5.66. The molecule has 204 valence electrons. The number of amides is 2. The van der Waals surface area contributed by atoms with Crippen LogP contribution in [0.4, 0.5) is 0 Å². The predicted molar refractivity (Wildman–Crippen MR) is 155 cm³/mol.